The first kappa shape index (κ1) is 13.7. The van der Waals surface area contributed by atoms with E-state index in [0.717, 1.165) is 5.56 Å². The normalized spacial score (nSPS) is 12.6. The number of aliphatic hydroxyl groups excluding tert-OH is 1. The second-order valence-corrected chi connectivity index (χ2v) is 4.23. The van der Waals surface area contributed by atoms with E-state index in [2.05, 4.69) is 0 Å². The van der Waals surface area contributed by atoms with Crippen molar-refractivity contribution in [1.82, 2.24) is 0 Å². The van der Waals surface area contributed by atoms with Gasteiger partial charge in [0.2, 0.25) is 0 Å². The SMILES string of the molecule is COc1ccc(C(C)C)cc1C(=O)C(O)CN. The van der Waals surface area contributed by atoms with E-state index in [1.807, 2.05) is 19.9 Å². The van der Waals surface area contributed by atoms with Gasteiger partial charge in [0.15, 0.2) is 5.78 Å². The Labute approximate surface area is 101 Å². The van der Waals surface area contributed by atoms with E-state index in [1.54, 1.807) is 12.1 Å². The number of methoxy groups -OCH3 is 1. The molecule has 0 fully saturated rings. The zero-order chi connectivity index (χ0) is 13.0. The third-order valence-corrected chi connectivity index (χ3v) is 2.68. The number of nitrogens with two attached hydrogens (primary N) is 1. The third-order valence-electron chi connectivity index (χ3n) is 2.68. The van der Waals surface area contributed by atoms with Crippen LogP contribution in [0.3, 0.4) is 0 Å². The van der Waals surface area contributed by atoms with Gasteiger partial charge < -0.3 is 15.6 Å². The van der Waals surface area contributed by atoms with Crippen LogP contribution in [0.5, 0.6) is 5.75 Å². The lowest BCUT2D eigenvalue weighted by molar-refractivity contribution is 0.0759. The molecule has 0 radical (unpaired) electrons. The van der Waals surface area contributed by atoms with Crippen LogP contribution in [-0.2, 0) is 0 Å². The van der Waals surface area contributed by atoms with Gasteiger partial charge in [-0.25, -0.2) is 0 Å². The van der Waals surface area contributed by atoms with Crippen LogP contribution in [0.25, 0.3) is 0 Å². The standard InChI is InChI=1S/C13H19NO3/c1-8(2)9-4-5-12(17-3)10(6-9)13(16)11(15)7-14/h4-6,8,11,15H,7,14H2,1-3H3. The molecule has 0 saturated heterocycles. The van der Waals surface area contributed by atoms with Gasteiger partial charge in [-0.3, -0.25) is 4.79 Å². The van der Waals surface area contributed by atoms with Crippen molar-refractivity contribution in [3.05, 3.63) is 29.3 Å². The monoisotopic (exact) mass is 237 g/mol. The molecule has 0 aliphatic heterocycles. The van der Waals surface area contributed by atoms with E-state index >= 15 is 0 Å². The van der Waals surface area contributed by atoms with Gasteiger partial charge >= 0.3 is 0 Å². The molecule has 3 N–H and O–H groups in total. The van der Waals surface area contributed by atoms with Gasteiger partial charge in [0.1, 0.15) is 11.9 Å². The summed E-state index contributed by atoms with van der Waals surface area (Å²) >= 11 is 0. The third kappa shape index (κ3) is 3.05. The van der Waals surface area contributed by atoms with Crippen molar-refractivity contribution in [2.75, 3.05) is 13.7 Å². The van der Waals surface area contributed by atoms with E-state index in [9.17, 15) is 9.90 Å². The fourth-order valence-corrected chi connectivity index (χ4v) is 1.56. The molecule has 1 rings (SSSR count). The summed E-state index contributed by atoms with van der Waals surface area (Å²) in [5, 5.41) is 9.50. The van der Waals surface area contributed by atoms with Crippen molar-refractivity contribution in [3.63, 3.8) is 0 Å². The summed E-state index contributed by atoms with van der Waals surface area (Å²) in [4.78, 5) is 11.9. The van der Waals surface area contributed by atoms with E-state index in [-0.39, 0.29) is 6.54 Å². The maximum Gasteiger partial charge on any atom is 0.196 e. The van der Waals surface area contributed by atoms with Crippen molar-refractivity contribution >= 4 is 5.78 Å². The predicted octanol–water partition coefficient (Wildman–Crippen LogP) is 1.32. The second kappa shape index (κ2) is 5.80. The summed E-state index contributed by atoms with van der Waals surface area (Å²) in [5.74, 6) is 0.376. The van der Waals surface area contributed by atoms with Crippen LogP contribution in [0.2, 0.25) is 0 Å². The van der Waals surface area contributed by atoms with Crippen LogP contribution < -0.4 is 10.5 Å². The molecule has 0 amide bonds. The minimum absolute atomic E-state index is 0.0894. The Morgan fingerprint density at radius 3 is 2.59 bits per heavy atom. The predicted molar refractivity (Wildman–Crippen MR) is 66.5 cm³/mol. The molecule has 0 bridgehead atoms. The molecule has 17 heavy (non-hydrogen) atoms. The van der Waals surface area contributed by atoms with E-state index in [4.69, 9.17) is 10.5 Å². The summed E-state index contributed by atoms with van der Waals surface area (Å²) in [7, 11) is 1.50. The molecule has 0 heterocycles. The Bertz CT molecular complexity index is 402. The zero-order valence-corrected chi connectivity index (χ0v) is 10.4. The lowest BCUT2D eigenvalue weighted by Gasteiger charge is -2.14. The van der Waals surface area contributed by atoms with Crippen LogP contribution in [0.1, 0.15) is 35.7 Å². The average Bonchev–Trinajstić information content (AvgIpc) is 2.35. The van der Waals surface area contributed by atoms with Crippen molar-refractivity contribution in [1.29, 1.82) is 0 Å². The fourth-order valence-electron chi connectivity index (χ4n) is 1.56. The van der Waals surface area contributed by atoms with Crippen LogP contribution >= 0.6 is 0 Å². The Morgan fingerprint density at radius 1 is 1.47 bits per heavy atom. The topological polar surface area (TPSA) is 72.5 Å². The Morgan fingerprint density at radius 2 is 2.12 bits per heavy atom. The number of carbonyl (C=O) groups is 1. The van der Waals surface area contributed by atoms with Gasteiger partial charge in [-0.05, 0) is 23.6 Å². The highest BCUT2D eigenvalue weighted by Crippen LogP contribution is 2.25. The molecular formula is C13H19NO3. The highest BCUT2D eigenvalue weighted by molar-refractivity contribution is 6.02. The quantitative estimate of drug-likeness (QED) is 0.758. The van der Waals surface area contributed by atoms with E-state index in [1.165, 1.54) is 7.11 Å². The molecule has 1 atom stereocenters. The van der Waals surface area contributed by atoms with Crippen LogP contribution in [0, 0.1) is 0 Å². The number of hydrogen-bond donors (Lipinski definition) is 2. The molecule has 0 aliphatic carbocycles. The zero-order valence-electron chi connectivity index (χ0n) is 10.4. The Hall–Kier alpha value is -1.39. The molecule has 0 spiro atoms. The fraction of sp³-hybridized carbons (Fsp3) is 0.462. The number of carbonyl (C=O) groups excluding carboxylic acids is 1. The molecule has 4 nitrogen and oxygen atoms in total. The van der Waals surface area contributed by atoms with Crippen LogP contribution in [-0.4, -0.2) is 30.6 Å². The number of rotatable bonds is 5. The van der Waals surface area contributed by atoms with Crippen molar-refractivity contribution in [2.24, 2.45) is 5.73 Å². The van der Waals surface area contributed by atoms with Gasteiger partial charge in [0.25, 0.3) is 0 Å². The van der Waals surface area contributed by atoms with Gasteiger partial charge in [0, 0.05) is 6.54 Å². The number of aliphatic hydroxyl groups is 1. The smallest absolute Gasteiger partial charge is 0.196 e. The lowest BCUT2D eigenvalue weighted by Crippen LogP contribution is -2.29. The van der Waals surface area contributed by atoms with Crippen LogP contribution in [0.4, 0.5) is 0 Å². The minimum Gasteiger partial charge on any atom is -0.496 e. The molecule has 1 unspecified atom stereocenters. The molecular weight excluding hydrogens is 218 g/mol. The minimum atomic E-state index is -1.17. The van der Waals surface area contributed by atoms with Gasteiger partial charge in [-0.2, -0.15) is 0 Å². The molecule has 0 aromatic heterocycles. The highest BCUT2D eigenvalue weighted by atomic mass is 16.5. The van der Waals surface area contributed by atoms with E-state index in [0.29, 0.717) is 17.2 Å². The van der Waals surface area contributed by atoms with Gasteiger partial charge in [-0.15, -0.1) is 0 Å². The van der Waals surface area contributed by atoms with Gasteiger partial charge in [-0.1, -0.05) is 19.9 Å². The highest BCUT2D eigenvalue weighted by Gasteiger charge is 2.20. The summed E-state index contributed by atoms with van der Waals surface area (Å²) < 4.78 is 5.12. The second-order valence-electron chi connectivity index (χ2n) is 4.23. The first-order valence-corrected chi connectivity index (χ1v) is 5.61. The van der Waals surface area contributed by atoms with Gasteiger partial charge in [0.05, 0.1) is 12.7 Å². The molecule has 1 aromatic rings. The average molecular weight is 237 g/mol. The van der Waals surface area contributed by atoms with Crippen molar-refractivity contribution in [2.45, 2.75) is 25.9 Å². The molecule has 0 saturated carbocycles. The molecule has 0 aliphatic rings. The van der Waals surface area contributed by atoms with Crippen molar-refractivity contribution in [3.8, 4) is 5.75 Å². The molecule has 4 heteroatoms. The number of Topliss-reactive ketones (excluding diaryl/α,β-unsaturated/α-hetero) is 1. The maximum absolute atomic E-state index is 11.9. The Kier molecular flexibility index (Phi) is 4.66. The van der Waals surface area contributed by atoms with Crippen LogP contribution in [0.15, 0.2) is 18.2 Å². The molecule has 94 valence electrons. The first-order valence-electron chi connectivity index (χ1n) is 5.61. The summed E-state index contributed by atoms with van der Waals surface area (Å²) in [6, 6.07) is 5.41. The lowest BCUT2D eigenvalue weighted by atomic mass is 9.97. The number of ketones is 1. The number of hydrogen-bond acceptors (Lipinski definition) is 4. The largest absolute Gasteiger partial charge is 0.496 e. The molecule has 1 aromatic carbocycles. The number of benzene rings is 1. The Balaban J connectivity index is 3.18. The summed E-state index contributed by atoms with van der Waals surface area (Å²) in [6.07, 6.45) is -1.17. The maximum atomic E-state index is 11.9. The summed E-state index contributed by atoms with van der Waals surface area (Å²) in [6.45, 7) is 3.98. The first-order chi connectivity index (χ1) is 8.01. The van der Waals surface area contributed by atoms with Crippen molar-refractivity contribution < 1.29 is 14.6 Å². The summed E-state index contributed by atoms with van der Waals surface area (Å²) in [5.41, 5.74) is 6.70. The number of ether oxygens (including phenoxy) is 1. The van der Waals surface area contributed by atoms with E-state index < -0.39 is 11.9 Å².